The highest BCUT2D eigenvalue weighted by molar-refractivity contribution is 5.93. The lowest BCUT2D eigenvalue weighted by atomic mass is 9.99. The Bertz CT molecular complexity index is 415. The summed E-state index contributed by atoms with van der Waals surface area (Å²) in [5.41, 5.74) is 9.22. The number of amides is 1. The van der Waals surface area contributed by atoms with E-state index in [4.69, 9.17) is 5.73 Å². The standard InChI is InChI=1S/C12H17N3O/c1-15(2)12(13)9-3-5-10-8(7-9)4-6-11(16)14-10/h3,5,7,12H,4,6,13H2,1-2H3,(H,14,16). The molecule has 0 spiro atoms. The van der Waals surface area contributed by atoms with Crippen molar-refractivity contribution in [2.75, 3.05) is 19.4 Å². The minimum atomic E-state index is -0.0945. The van der Waals surface area contributed by atoms with Crippen LogP contribution in [0.4, 0.5) is 5.69 Å². The van der Waals surface area contributed by atoms with Crippen LogP contribution in [0.2, 0.25) is 0 Å². The Hall–Kier alpha value is -1.39. The van der Waals surface area contributed by atoms with Gasteiger partial charge in [-0.05, 0) is 37.7 Å². The van der Waals surface area contributed by atoms with E-state index in [0.717, 1.165) is 17.7 Å². The minimum absolute atomic E-state index is 0.0945. The fourth-order valence-corrected chi connectivity index (χ4v) is 1.89. The van der Waals surface area contributed by atoms with E-state index < -0.39 is 0 Å². The summed E-state index contributed by atoms with van der Waals surface area (Å²) in [5.74, 6) is 0.0946. The molecule has 4 heteroatoms. The Morgan fingerprint density at radius 2 is 2.12 bits per heavy atom. The highest BCUT2D eigenvalue weighted by Crippen LogP contribution is 2.25. The van der Waals surface area contributed by atoms with Crippen molar-refractivity contribution in [3.63, 3.8) is 0 Å². The third-order valence-corrected chi connectivity index (χ3v) is 2.92. The molecule has 0 bridgehead atoms. The molecule has 0 saturated carbocycles. The smallest absolute Gasteiger partial charge is 0.224 e. The normalized spacial score (nSPS) is 16.9. The zero-order valence-electron chi connectivity index (χ0n) is 9.66. The second-order valence-corrected chi connectivity index (χ2v) is 4.37. The van der Waals surface area contributed by atoms with Crippen molar-refractivity contribution in [1.82, 2.24) is 4.90 Å². The number of aryl methyl sites for hydroxylation is 1. The van der Waals surface area contributed by atoms with Crippen LogP contribution < -0.4 is 11.1 Å². The third-order valence-electron chi connectivity index (χ3n) is 2.92. The molecule has 3 N–H and O–H groups in total. The van der Waals surface area contributed by atoms with Crippen LogP contribution in [0.25, 0.3) is 0 Å². The third kappa shape index (κ3) is 2.08. The minimum Gasteiger partial charge on any atom is -0.326 e. The topological polar surface area (TPSA) is 58.4 Å². The summed E-state index contributed by atoms with van der Waals surface area (Å²) >= 11 is 0. The lowest BCUT2D eigenvalue weighted by Gasteiger charge is -2.23. The molecule has 0 aliphatic carbocycles. The number of nitrogens with zero attached hydrogens (tertiary/aromatic N) is 1. The summed E-state index contributed by atoms with van der Waals surface area (Å²) in [6.45, 7) is 0. The van der Waals surface area contributed by atoms with Gasteiger partial charge in [-0.1, -0.05) is 12.1 Å². The van der Waals surface area contributed by atoms with Crippen molar-refractivity contribution in [2.24, 2.45) is 5.73 Å². The predicted octanol–water partition coefficient (Wildman–Crippen LogP) is 1.09. The fraction of sp³-hybridized carbons (Fsp3) is 0.417. The zero-order chi connectivity index (χ0) is 11.7. The SMILES string of the molecule is CN(C)C(N)c1ccc2c(c1)CCC(=O)N2. The van der Waals surface area contributed by atoms with Crippen LogP contribution in [0.15, 0.2) is 18.2 Å². The lowest BCUT2D eigenvalue weighted by Crippen LogP contribution is -2.28. The molecule has 2 rings (SSSR count). The molecule has 0 aromatic heterocycles. The van der Waals surface area contributed by atoms with Gasteiger partial charge in [0, 0.05) is 12.1 Å². The van der Waals surface area contributed by atoms with E-state index in [9.17, 15) is 4.79 Å². The number of hydrogen-bond acceptors (Lipinski definition) is 3. The van der Waals surface area contributed by atoms with E-state index >= 15 is 0 Å². The van der Waals surface area contributed by atoms with Crippen LogP contribution in [0.3, 0.4) is 0 Å². The molecule has 1 unspecified atom stereocenters. The van der Waals surface area contributed by atoms with Crippen LogP contribution in [0, 0.1) is 0 Å². The van der Waals surface area contributed by atoms with Crippen molar-refractivity contribution in [3.8, 4) is 0 Å². The van der Waals surface area contributed by atoms with E-state index in [1.165, 1.54) is 5.56 Å². The van der Waals surface area contributed by atoms with Gasteiger partial charge >= 0.3 is 0 Å². The molecule has 0 fully saturated rings. The Labute approximate surface area is 95.4 Å². The Morgan fingerprint density at radius 1 is 1.38 bits per heavy atom. The molecule has 1 aromatic rings. The average molecular weight is 219 g/mol. The van der Waals surface area contributed by atoms with Gasteiger partial charge in [0.1, 0.15) is 0 Å². The van der Waals surface area contributed by atoms with Crippen LogP contribution in [0.1, 0.15) is 23.7 Å². The first kappa shape index (κ1) is 11.1. The molecule has 1 heterocycles. The maximum Gasteiger partial charge on any atom is 0.224 e. The summed E-state index contributed by atoms with van der Waals surface area (Å²) in [7, 11) is 3.90. The van der Waals surface area contributed by atoms with Crippen molar-refractivity contribution >= 4 is 11.6 Å². The molecule has 0 radical (unpaired) electrons. The van der Waals surface area contributed by atoms with Gasteiger partial charge in [-0.25, -0.2) is 0 Å². The number of hydrogen-bond donors (Lipinski definition) is 2. The number of benzene rings is 1. The van der Waals surface area contributed by atoms with E-state index in [1.54, 1.807) is 0 Å². The summed E-state index contributed by atoms with van der Waals surface area (Å²) < 4.78 is 0. The first-order valence-electron chi connectivity index (χ1n) is 5.42. The summed E-state index contributed by atoms with van der Waals surface area (Å²) in [6, 6.07) is 5.99. The van der Waals surface area contributed by atoms with Gasteiger partial charge in [-0.15, -0.1) is 0 Å². The fourth-order valence-electron chi connectivity index (χ4n) is 1.89. The molecule has 1 aliphatic heterocycles. The molecule has 16 heavy (non-hydrogen) atoms. The maximum absolute atomic E-state index is 11.2. The largest absolute Gasteiger partial charge is 0.326 e. The number of nitrogens with two attached hydrogens (primary N) is 1. The number of nitrogens with one attached hydrogen (secondary N) is 1. The van der Waals surface area contributed by atoms with Gasteiger partial charge in [0.2, 0.25) is 5.91 Å². The summed E-state index contributed by atoms with van der Waals surface area (Å²) in [4.78, 5) is 13.2. The van der Waals surface area contributed by atoms with E-state index in [-0.39, 0.29) is 12.1 Å². The quantitative estimate of drug-likeness (QED) is 0.732. The Kier molecular flexibility index (Phi) is 2.94. The number of carbonyl (C=O) groups excluding carboxylic acids is 1. The molecule has 0 saturated heterocycles. The zero-order valence-corrected chi connectivity index (χ0v) is 9.66. The van der Waals surface area contributed by atoms with Gasteiger partial charge in [-0.2, -0.15) is 0 Å². The molecule has 4 nitrogen and oxygen atoms in total. The highest BCUT2D eigenvalue weighted by Gasteiger charge is 2.16. The average Bonchev–Trinajstić information content (AvgIpc) is 2.27. The Balaban J connectivity index is 2.29. The van der Waals surface area contributed by atoms with Gasteiger partial charge < -0.3 is 11.1 Å². The molecular formula is C12H17N3O. The second-order valence-electron chi connectivity index (χ2n) is 4.37. The number of carbonyl (C=O) groups is 1. The second kappa shape index (κ2) is 4.23. The summed E-state index contributed by atoms with van der Waals surface area (Å²) in [6.07, 6.45) is 1.27. The monoisotopic (exact) mass is 219 g/mol. The number of anilines is 1. The number of rotatable bonds is 2. The number of fused-ring (bicyclic) bond motifs is 1. The first-order chi connectivity index (χ1) is 7.58. The van der Waals surface area contributed by atoms with E-state index in [2.05, 4.69) is 11.4 Å². The maximum atomic E-state index is 11.2. The first-order valence-corrected chi connectivity index (χ1v) is 5.42. The van der Waals surface area contributed by atoms with Crippen molar-refractivity contribution < 1.29 is 4.79 Å². The highest BCUT2D eigenvalue weighted by atomic mass is 16.1. The van der Waals surface area contributed by atoms with Gasteiger partial charge in [0.15, 0.2) is 0 Å². The van der Waals surface area contributed by atoms with Crippen LogP contribution in [-0.2, 0) is 11.2 Å². The molecule has 86 valence electrons. The lowest BCUT2D eigenvalue weighted by molar-refractivity contribution is -0.116. The van der Waals surface area contributed by atoms with E-state index in [1.807, 2.05) is 31.1 Å². The van der Waals surface area contributed by atoms with Crippen molar-refractivity contribution in [3.05, 3.63) is 29.3 Å². The van der Waals surface area contributed by atoms with Crippen LogP contribution >= 0.6 is 0 Å². The molecule has 1 atom stereocenters. The molecule has 1 aromatic carbocycles. The van der Waals surface area contributed by atoms with Crippen molar-refractivity contribution in [1.29, 1.82) is 0 Å². The molecule has 1 amide bonds. The van der Waals surface area contributed by atoms with Gasteiger partial charge in [0.25, 0.3) is 0 Å². The predicted molar refractivity (Wildman–Crippen MR) is 64.0 cm³/mol. The summed E-state index contributed by atoms with van der Waals surface area (Å²) in [5, 5.41) is 2.86. The van der Waals surface area contributed by atoms with Crippen LogP contribution in [-0.4, -0.2) is 24.9 Å². The molecular weight excluding hydrogens is 202 g/mol. The Morgan fingerprint density at radius 3 is 2.81 bits per heavy atom. The van der Waals surface area contributed by atoms with Crippen LogP contribution in [0.5, 0.6) is 0 Å². The molecule has 1 aliphatic rings. The van der Waals surface area contributed by atoms with Gasteiger partial charge in [-0.3, -0.25) is 9.69 Å². The van der Waals surface area contributed by atoms with Gasteiger partial charge in [0.05, 0.1) is 6.17 Å². The van der Waals surface area contributed by atoms with Crippen molar-refractivity contribution in [2.45, 2.75) is 19.0 Å². The van der Waals surface area contributed by atoms with E-state index in [0.29, 0.717) is 6.42 Å².